The lowest BCUT2D eigenvalue weighted by Crippen LogP contribution is -2.14. The van der Waals surface area contributed by atoms with Crippen molar-refractivity contribution in [2.75, 3.05) is 5.32 Å². The van der Waals surface area contributed by atoms with Crippen molar-refractivity contribution in [2.24, 2.45) is 0 Å². The number of hydrogen-bond acceptors (Lipinski definition) is 3. The molecule has 5 nitrogen and oxygen atoms in total. The molecule has 0 radical (unpaired) electrons. The van der Waals surface area contributed by atoms with Gasteiger partial charge in [-0.3, -0.25) is 9.20 Å². The van der Waals surface area contributed by atoms with Crippen LogP contribution in [0.1, 0.15) is 10.4 Å². The smallest absolute Gasteiger partial charge is 0.257 e. The molecule has 0 aliphatic heterocycles. The number of hydrogen-bond donors (Lipinski definition) is 1. The highest BCUT2D eigenvalue weighted by atomic mass is 35.5. The average molecular weight is 349 g/mol. The van der Waals surface area contributed by atoms with Crippen LogP contribution in [-0.4, -0.2) is 20.3 Å². The third-order valence-electron chi connectivity index (χ3n) is 3.80. The van der Waals surface area contributed by atoms with E-state index in [1.54, 1.807) is 6.07 Å². The zero-order valence-electron chi connectivity index (χ0n) is 13.1. The van der Waals surface area contributed by atoms with Crippen LogP contribution in [0.2, 0.25) is 5.15 Å². The normalized spacial score (nSPS) is 10.8. The van der Waals surface area contributed by atoms with Crippen LogP contribution >= 0.6 is 11.6 Å². The number of nitrogens with one attached hydrogen (secondary N) is 1. The average Bonchev–Trinajstić information content (AvgIpc) is 3.01. The summed E-state index contributed by atoms with van der Waals surface area (Å²) >= 11 is 5.88. The van der Waals surface area contributed by atoms with Gasteiger partial charge in [-0.2, -0.15) is 0 Å². The van der Waals surface area contributed by atoms with Gasteiger partial charge in [0.1, 0.15) is 22.3 Å². The summed E-state index contributed by atoms with van der Waals surface area (Å²) in [5, 5.41) is 3.22. The van der Waals surface area contributed by atoms with Crippen LogP contribution in [0.15, 0.2) is 73.1 Å². The fraction of sp³-hybridized carbons (Fsp3) is 0. The van der Waals surface area contributed by atoms with E-state index in [0.29, 0.717) is 17.1 Å². The van der Waals surface area contributed by atoms with Gasteiger partial charge >= 0.3 is 0 Å². The van der Waals surface area contributed by atoms with E-state index in [9.17, 15) is 4.79 Å². The number of anilines is 1. The Morgan fingerprint density at radius 3 is 2.64 bits per heavy atom. The van der Waals surface area contributed by atoms with E-state index < -0.39 is 0 Å². The quantitative estimate of drug-likeness (QED) is 0.561. The first-order valence-electron chi connectivity index (χ1n) is 7.68. The number of carbonyl (C=O) groups excluding carboxylic acids is 1. The molecule has 0 saturated carbocycles. The van der Waals surface area contributed by atoms with Gasteiger partial charge in [0, 0.05) is 23.5 Å². The van der Waals surface area contributed by atoms with Crippen LogP contribution in [0.4, 0.5) is 5.82 Å². The first-order valence-corrected chi connectivity index (χ1v) is 8.05. The number of nitrogens with zero attached hydrogens (tertiary/aromatic N) is 3. The first-order chi connectivity index (χ1) is 12.2. The topological polar surface area (TPSA) is 59.3 Å². The molecular weight excluding hydrogens is 336 g/mol. The van der Waals surface area contributed by atoms with Crippen molar-refractivity contribution in [2.45, 2.75) is 0 Å². The van der Waals surface area contributed by atoms with Crippen LogP contribution in [-0.2, 0) is 0 Å². The van der Waals surface area contributed by atoms with Crippen molar-refractivity contribution in [3.63, 3.8) is 0 Å². The Morgan fingerprint density at radius 1 is 1.04 bits per heavy atom. The van der Waals surface area contributed by atoms with Crippen molar-refractivity contribution < 1.29 is 4.79 Å². The van der Waals surface area contributed by atoms with E-state index >= 15 is 0 Å². The molecule has 0 fully saturated rings. The zero-order valence-corrected chi connectivity index (χ0v) is 13.8. The van der Waals surface area contributed by atoms with Gasteiger partial charge in [-0.15, -0.1) is 0 Å². The molecule has 0 aliphatic carbocycles. The number of rotatable bonds is 3. The Bertz CT molecular complexity index is 1060. The first kappa shape index (κ1) is 15.4. The Morgan fingerprint density at radius 2 is 1.84 bits per heavy atom. The molecule has 6 heteroatoms. The van der Waals surface area contributed by atoms with Crippen molar-refractivity contribution in [3.8, 4) is 11.3 Å². The Labute approximate surface area is 148 Å². The van der Waals surface area contributed by atoms with Gasteiger partial charge in [-0.05, 0) is 24.3 Å². The number of fused-ring (bicyclic) bond motifs is 1. The molecule has 0 unspecified atom stereocenters. The molecule has 3 aromatic heterocycles. The summed E-state index contributed by atoms with van der Waals surface area (Å²) in [5.74, 6) is 0.340. The number of halogens is 1. The molecule has 4 aromatic rings. The van der Waals surface area contributed by atoms with E-state index in [0.717, 1.165) is 11.2 Å². The van der Waals surface area contributed by atoms with Gasteiger partial charge in [0.05, 0.1) is 0 Å². The maximum absolute atomic E-state index is 12.7. The van der Waals surface area contributed by atoms with E-state index in [2.05, 4.69) is 15.3 Å². The summed E-state index contributed by atoms with van der Waals surface area (Å²) in [5.41, 5.74) is 2.82. The number of benzene rings is 1. The SMILES string of the molecule is O=C(Nc1c(-c2ccccc2)nc2ccccn12)c1ccnc(Cl)c1. The van der Waals surface area contributed by atoms with E-state index in [1.165, 1.54) is 12.3 Å². The van der Waals surface area contributed by atoms with Crippen molar-refractivity contribution in [3.05, 3.63) is 83.8 Å². The summed E-state index contributed by atoms with van der Waals surface area (Å²) in [4.78, 5) is 21.2. The summed E-state index contributed by atoms with van der Waals surface area (Å²) in [7, 11) is 0. The predicted octanol–water partition coefficient (Wildman–Crippen LogP) is 4.30. The highest BCUT2D eigenvalue weighted by Crippen LogP contribution is 2.29. The molecule has 0 atom stereocenters. The van der Waals surface area contributed by atoms with Crippen molar-refractivity contribution in [1.82, 2.24) is 14.4 Å². The highest BCUT2D eigenvalue weighted by Gasteiger charge is 2.17. The second-order valence-electron chi connectivity index (χ2n) is 5.43. The maximum atomic E-state index is 12.7. The monoisotopic (exact) mass is 348 g/mol. The number of pyridine rings is 2. The third-order valence-corrected chi connectivity index (χ3v) is 4.00. The lowest BCUT2D eigenvalue weighted by molar-refractivity contribution is 0.102. The molecule has 122 valence electrons. The van der Waals surface area contributed by atoms with Gasteiger partial charge < -0.3 is 5.32 Å². The molecule has 0 aliphatic rings. The Balaban J connectivity index is 1.81. The number of aromatic nitrogens is 3. The molecule has 0 bridgehead atoms. The summed E-state index contributed by atoms with van der Waals surface area (Å²) < 4.78 is 1.85. The van der Waals surface area contributed by atoms with E-state index in [4.69, 9.17) is 11.6 Å². The number of amides is 1. The number of imidazole rings is 1. The largest absolute Gasteiger partial charge is 0.306 e. The van der Waals surface area contributed by atoms with Gasteiger partial charge in [-0.1, -0.05) is 48.0 Å². The minimum absolute atomic E-state index is 0.271. The standard InChI is InChI=1S/C19H13ClN4O/c20-15-12-14(9-10-21-15)19(25)23-18-17(13-6-2-1-3-7-13)22-16-8-4-5-11-24(16)18/h1-12H,(H,23,25). The summed E-state index contributed by atoms with van der Waals surface area (Å²) in [6.45, 7) is 0. The molecule has 25 heavy (non-hydrogen) atoms. The molecule has 0 spiro atoms. The second kappa shape index (κ2) is 6.37. The zero-order chi connectivity index (χ0) is 17.2. The highest BCUT2D eigenvalue weighted by molar-refractivity contribution is 6.29. The van der Waals surface area contributed by atoms with Crippen LogP contribution < -0.4 is 5.32 Å². The summed E-state index contributed by atoms with van der Waals surface area (Å²) in [6.07, 6.45) is 3.37. The van der Waals surface area contributed by atoms with Crippen molar-refractivity contribution in [1.29, 1.82) is 0 Å². The third kappa shape index (κ3) is 2.97. The molecule has 1 amide bonds. The van der Waals surface area contributed by atoms with Gasteiger partial charge in [-0.25, -0.2) is 9.97 Å². The number of carbonyl (C=O) groups is 1. The van der Waals surface area contributed by atoms with Crippen LogP contribution in [0.25, 0.3) is 16.9 Å². The maximum Gasteiger partial charge on any atom is 0.257 e. The van der Waals surface area contributed by atoms with Crippen LogP contribution in [0.5, 0.6) is 0 Å². The van der Waals surface area contributed by atoms with Crippen molar-refractivity contribution >= 4 is 29.0 Å². The Hall–Kier alpha value is -3.18. The van der Waals surface area contributed by atoms with Crippen LogP contribution in [0.3, 0.4) is 0 Å². The second-order valence-corrected chi connectivity index (χ2v) is 5.81. The Kier molecular flexibility index (Phi) is 3.91. The predicted molar refractivity (Wildman–Crippen MR) is 97.8 cm³/mol. The minimum Gasteiger partial charge on any atom is -0.306 e. The van der Waals surface area contributed by atoms with Gasteiger partial charge in [0.15, 0.2) is 0 Å². The molecule has 1 aromatic carbocycles. The fourth-order valence-corrected chi connectivity index (χ4v) is 2.81. The molecule has 1 N–H and O–H groups in total. The fourth-order valence-electron chi connectivity index (χ4n) is 2.64. The lowest BCUT2D eigenvalue weighted by atomic mass is 10.1. The minimum atomic E-state index is -0.271. The summed E-state index contributed by atoms with van der Waals surface area (Å²) in [6, 6.07) is 18.6. The molecular formula is C19H13ClN4O. The van der Waals surface area contributed by atoms with E-state index in [1.807, 2.05) is 59.1 Å². The molecule has 0 saturated heterocycles. The van der Waals surface area contributed by atoms with Gasteiger partial charge in [0.25, 0.3) is 5.91 Å². The lowest BCUT2D eigenvalue weighted by Gasteiger charge is -2.08. The van der Waals surface area contributed by atoms with E-state index in [-0.39, 0.29) is 11.1 Å². The van der Waals surface area contributed by atoms with Crippen LogP contribution in [0, 0.1) is 0 Å². The molecule has 4 rings (SSSR count). The molecule has 3 heterocycles. The van der Waals surface area contributed by atoms with Gasteiger partial charge in [0.2, 0.25) is 0 Å².